The van der Waals surface area contributed by atoms with Gasteiger partial charge in [0.25, 0.3) is 0 Å². The van der Waals surface area contributed by atoms with Crippen molar-refractivity contribution in [3.8, 4) is 0 Å². The van der Waals surface area contributed by atoms with Gasteiger partial charge in [0.2, 0.25) is 0 Å². The Balaban J connectivity index is 2.09. The molecule has 12 nitrogen and oxygen atoms in total. The highest BCUT2D eigenvalue weighted by Gasteiger charge is 2.45. The number of hydrogen-bond donors (Lipinski definition) is 2. The molecule has 0 aliphatic carbocycles. The van der Waals surface area contributed by atoms with Crippen LogP contribution >= 0.6 is 21.6 Å². The summed E-state index contributed by atoms with van der Waals surface area (Å²) < 4.78 is 116. The van der Waals surface area contributed by atoms with Crippen LogP contribution in [0, 0.1) is 0 Å². The number of hydrogen-bond acceptors (Lipinski definition) is 12. The Morgan fingerprint density at radius 2 is 1.00 bits per heavy atom. The van der Waals surface area contributed by atoms with Gasteiger partial charge in [-0.1, -0.05) is 21.6 Å². The molecule has 154 valence electrons. The van der Waals surface area contributed by atoms with Gasteiger partial charge in [-0.15, -0.1) is 0 Å². The molecule has 0 bridgehead atoms. The lowest BCUT2D eigenvalue weighted by molar-refractivity contribution is 0.205. The molecule has 0 amide bonds. The van der Waals surface area contributed by atoms with Crippen molar-refractivity contribution in [1.29, 1.82) is 0 Å². The first kappa shape index (κ1) is 22.6. The van der Waals surface area contributed by atoms with Crippen molar-refractivity contribution in [2.24, 2.45) is 0 Å². The van der Waals surface area contributed by atoms with E-state index in [1.807, 2.05) is 0 Å². The minimum Gasteiger partial charge on any atom is -0.264 e. The van der Waals surface area contributed by atoms with Crippen molar-refractivity contribution in [2.45, 2.75) is 22.7 Å². The van der Waals surface area contributed by atoms with Crippen molar-refractivity contribution in [1.82, 2.24) is 0 Å². The van der Waals surface area contributed by atoms with Gasteiger partial charge in [0, 0.05) is 0 Å². The standard InChI is InChI=1S/C8H14O12S6/c9-23(10)1-5(19-25(13,14)15)7(3-23)21-22-8-4-24(11,12)2-6(8)20-26(16,17)18/h5-8H,1-4H2,(H,13,14,15)(H,16,17,18). The summed E-state index contributed by atoms with van der Waals surface area (Å²) in [6.07, 6.45) is -2.77. The van der Waals surface area contributed by atoms with E-state index in [4.69, 9.17) is 9.11 Å². The molecule has 0 radical (unpaired) electrons. The molecule has 2 fully saturated rings. The van der Waals surface area contributed by atoms with E-state index in [1.54, 1.807) is 0 Å². The van der Waals surface area contributed by atoms with Crippen LogP contribution in [-0.2, 0) is 48.8 Å². The molecule has 18 heteroatoms. The minimum absolute atomic E-state index is 0.478. The summed E-state index contributed by atoms with van der Waals surface area (Å²) in [4.78, 5) is 0. The Bertz CT molecular complexity index is 867. The molecular formula is C8H14O12S6. The SMILES string of the molecule is O=S1(=O)CC(OS(=O)(=O)O)C(SSC2CS(=O)(=O)CC2OS(=O)(=O)O)C1. The number of rotatable bonds is 7. The zero-order chi connectivity index (χ0) is 20.0. The first-order valence-corrected chi connectivity index (χ1v) is 15.2. The van der Waals surface area contributed by atoms with Gasteiger partial charge in [-0.2, -0.15) is 16.8 Å². The van der Waals surface area contributed by atoms with E-state index in [0.717, 1.165) is 21.6 Å². The molecule has 4 unspecified atom stereocenters. The molecule has 2 aliphatic heterocycles. The fourth-order valence-corrected chi connectivity index (χ4v) is 12.4. The Kier molecular flexibility index (Phi) is 6.65. The summed E-state index contributed by atoms with van der Waals surface area (Å²) in [5.74, 6) is -2.26. The fraction of sp³-hybridized carbons (Fsp3) is 1.00. The predicted molar refractivity (Wildman–Crippen MR) is 92.9 cm³/mol. The maximum Gasteiger partial charge on any atom is 0.397 e. The lowest BCUT2D eigenvalue weighted by Crippen LogP contribution is -2.29. The van der Waals surface area contributed by atoms with Gasteiger partial charge in [0.15, 0.2) is 19.7 Å². The molecule has 2 rings (SSSR count). The molecule has 2 heterocycles. The molecule has 0 aromatic carbocycles. The van der Waals surface area contributed by atoms with Gasteiger partial charge in [-0.3, -0.25) is 9.11 Å². The Labute approximate surface area is 158 Å². The van der Waals surface area contributed by atoms with Crippen LogP contribution in [0.15, 0.2) is 0 Å². The van der Waals surface area contributed by atoms with E-state index in [9.17, 15) is 33.7 Å². The van der Waals surface area contributed by atoms with Crippen molar-refractivity contribution < 1.29 is 51.1 Å². The molecule has 0 saturated carbocycles. The van der Waals surface area contributed by atoms with Crippen molar-refractivity contribution in [3.05, 3.63) is 0 Å². The summed E-state index contributed by atoms with van der Waals surface area (Å²) in [6, 6.07) is 0. The van der Waals surface area contributed by atoms with Gasteiger partial charge in [-0.05, 0) is 0 Å². The van der Waals surface area contributed by atoms with Gasteiger partial charge in [0.1, 0.15) is 12.2 Å². The summed E-state index contributed by atoms with van der Waals surface area (Å²) >= 11 is 0. The normalized spacial score (nSPS) is 34.1. The highest BCUT2D eigenvalue weighted by atomic mass is 33.1. The van der Waals surface area contributed by atoms with Crippen molar-refractivity contribution >= 4 is 62.1 Å². The average Bonchev–Trinajstić information content (AvgIpc) is 2.78. The van der Waals surface area contributed by atoms with Gasteiger partial charge < -0.3 is 0 Å². The summed E-state index contributed by atoms with van der Waals surface area (Å²) in [5.41, 5.74) is 0. The lowest BCUT2D eigenvalue weighted by atomic mass is 10.3. The van der Waals surface area contributed by atoms with E-state index in [1.165, 1.54) is 0 Å². The molecular weight excluding hydrogens is 480 g/mol. The van der Waals surface area contributed by atoms with Crippen LogP contribution in [0.2, 0.25) is 0 Å². The molecule has 4 atom stereocenters. The van der Waals surface area contributed by atoms with Gasteiger partial charge in [0.05, 0.1) is 33.5 Å². The van der Waals surface area contributed by atoms with Crippen molar-refractivity contribution in [2.75, 3.05) is 23.0 Å². The quantitative estimate of drug-likeness (QED) is 0.301. The van der Waals surface area contributed by atoms with E-state index in [2.05, 4.69) is 8.37 Å². The van der Waals surface area contributed by atoms with Crippen LogP contribution in [0.5, 0.6) is 0 Å². The van der Waals surface area contributed by atoms with Crippen LogP contribution in [0.25, 0.3) is 0 Å². The van der Waals surface area contributed by atoms with E-state index in [0.29, 0.717) is 0 Å². The molecule has 2 N–H and O–H groups in total. The van der Waals surface area contributed by atoms with Crippen LogP contribution in [0.1, 0.15) is 0 Å². The Hall–Kier alpha value is 0.340. The third-order valence-electron chi connectivity index (χ3n) is 3.30. The van der Waals surface area contributed by atoms with E-state index in [-0.39, 0.29) is 0 Å². The first-order chi connectivity index (χ1) is 11.6. The molecule has 0 spiro atoms. The minimum atomic E-state index is -4.90. The maximum atomic E-state index is 11.7. The molecule has 2 aliphatic rings. The third kappa shape index (κ3) is 7.06. The van der Waals surface area contributed by atoms with Crippen LogP contribution in [-0.4, -0.2) is 88.5 Å². The van der Waals surface area contributed by atoms with Crippen LogP contribution < -0.4 is 0 Å². The zero-order valence-corrected chi connectivity index (χ0v) is 17.5. The fourth-order valence-electron chi connectivity index (χ4n) is 2.38. The average molecular weight is 495 g/mol. The molecule has 2 saturated heterocycles. The Morgan fingerprint density at radius 3 is 1.27 bits per heavy atom. The van der Waals surface area contributed by atoms with Crippen molar-refractivity contribution in [3.63, 3.8) is 0 Å². The van der Waals surface area contributed by atoms with E-state index >= 15 is 0 Å². The maximum absolute atomic E-state index is 11.7. The topological polar surface area (TPSA) is 195 Å². The van der Waals surface area contributed by atoms with Crippen LogP contribution in [0.4, 0.5) is 0 Å². The summed E-state index contributed by atoms with van der Waals surface area (Å²) in [6.45, 7) is 0. The highest BCUT2D eigenvalue weighted by Crippen LogP contribution is 2.42. The smallest absolute Gasteiger partial charge is 0.264 e. The number of sulfone groups is 2. The Morgan fingerprint density at radius 1 is 0.692 bits per heavy atom. The summed E-state index contributed by atoms with van der Waals surface area (Å²) in [5, 5.41) is -1.91. The second kappa shape index (κ2) is 7.64. The monoisotopic (exact) mass is 494 g/mol. The van der Waals surface area contributed by atoms with E-state index < -0.39 is 86.2 Å². The van der Waals surface area contributed by atoms with Crippen LogP contribution in [0.3, 0.4) is 0 Å². The third-order valence-corrected chi connectivity index (χ3v) is 11.5. The molecule has 0 aromatic rings. The highest BCUT2D eigenvalue weighted by molar-refractivity contribution is 8.77. The molecule has 0 aromatic heterocycles. The zero-order valence-electron chi connectivity index (χ0n) is 12.6. The van der Waals surface area contributed by atoms with Gasteiger partial charge >= 0.3 is 20.8 Å². The summed E-state index contributed by atoms with van der Waals surface area (Å²) in [7, 11) is -15.5. The predicted octanol–water partition coefficient (Wildman–Crippen LogP) is -1.66. The lowest BCUT2D eigenvalue weighted by Gasteiger charge is -2.19. The largest absolute Gasteiger partial charge is 0.397 e. The second-order valence-electron chi connectivity index (χ2n) is 5.55. The first-order valence-electron chi connectivity index (χ1n) is 6.60. The molecule has 26 heavy (non-hydrogen) atoms. The second-order valence-corrected chi connectivity index (χ2v) is 14.7. The van der Waals surface area contributed by atoms with Gasteiger partial charge in [-0.25, -0.2) is 25.2 Å².